The fraction of sp³-hybridized carbons (Fsp3) is 0.727. The summed E-state index contributed by atoms with van der Waals surface area (Å²) in [5.74, 6) is 1.44. The average molecular weight is 272 g/mol. The normalized spacial score (nSPS) is 26.3. The van der Waals surface area contributed by atoms with Crippen LogP contribution in [-0.2, 0) is 16.8 Å². The van der Waals surface area contributed by atoms with E-state index in [1.165, 1.54) is 4.31 Å². The van der Waals surface area contributed by atoms with Gasteiger partial charge < -0.3 is 4.98 Å². The number of hydrogen-bond donors (Lipinski definition) is 2. The number of nitrogens with zero attached hydrogens (tertiary/aromatic N) is 2. The average Bonchev–Trinajstić information content (AvgIpc) is 2.78. The van der Waals surface area contributed by atoms with Gasteiger partial charge in [0.25, 0.3) is 10.2 Å². The van der Waals surface area contributed by atoms with Crippen molar-refractivity contribution >= 4 is 10.2 Å². The van der Waals surface area contributed by atoms with Crippen molar-refractivity contribution in [3.63, 3.8) is 0 Å². The Morgan fingerprint density at radius 3 is 2.67 bits per heavy atom. The molecule has 2 heterocycles. The Kier molecular flexibility index (Phi) is 4.04. The maximum absolute atomic E-state index is 12.1. The largest absolute Gasteiger partial charge is 0.347 e. The molecule has 7 heteroatoms. The lowest BCUT2D eigenvalue weighted by atomic mass is 9.94. The van der Waals surface area contributed by atoms with Crippen molar-refractivity contribution in [1.29, 1.82) is 0 Å². The Hall–Kier alpha value is -0.920. The van der Waals surface area contributed by atoms with Crippen molar-refractivity contribution in [1.82, 2.24) is 19.0 Å². The molecular formula is C11H20N4O2S. The van der Waals surface area contributed by atoms with E-state index < -0.39 is 10.2 Å². The maximum Gasteiger partial charge on any atom is 0.279 e. The van der Waals surface area contributed by atoms with E-state index in [1.807, 2.05) is 0 Å². The summed E-state index contributed by atoms with van der Waals surface area (Å²) >= 11 is 0. The maximum atomic E-state index is 12.1. The van der Waals surface area contributed by atoms with Crippen molar-refractivity contribution in [3.8, 4) is 0 Å². The molecular weight excluding hydrogens is 252 g/mol. The van der Waals surface area contributed by atoms with Crippen molar-refractivity contribution in [3.05, 3.63) is 18.2 Å². The second-order valence-corrected chi connectivity index (χ2v) is 6.88. The zero-order valence-corrected chi connectivity index (χ0v) is 11.6. The zero-order chi connectivity index (χ0) is 13.2. The molecule has 2 atom stereocenters. The van der Waals surface area contributed by atoms with E-state index in [4.69, 9.17) is 0 Å². The van der Waals surface area contributed by atoms with Gasteiger partial charge >= 0.3 is 0 Å². The second-order valence-electron chi connectivity index (χ2n) is 5.13. The highest BCUT2D eigenvalue weighted by molar-refractivity contribution is 7.87. The van der Waals surface area contributed by atoms with E-state index in [0.29, 0.717) is 30.7 Å². The minimum atomic E-state index is -3.40. The van der Waals surface area contributed by atoms with Gasteiger partial charge in [0.1, 0.15) is 5.82 Å². The van der Waals surface area contributed by atoms with E-state index >= 15 is 0 Å². The number of piperidine rings is 1. The first-order valence-corrected chi connectivity index (χ1v) is 7.64. The summed E-state index contributed by atoms with van der Waals surface area (Å²) in [7, 11) is -3.40. The number of aromatic nitrogens is 2. The van der Waals surface area contributed by atoms with Crippen LogP contribution < -0.4 is 4.72 Å². The Morgan fingerprint density at radius 2 is 2.11 bits per heavy atom. The van der Waals surface area contributed by atoms with Crippen LogP contribution in [0.1, 0.15) is 26.1 Å². The molecule has 0 bridgehead atoms. The van der Waals surface area contributed by atoms with Crippen LogP contribution in [0.2, 0.25) is 0 Å². The SMILES string of the molecule is CC1CC(C)CN(S(=O)(=O)NCc2ncc[nH]2)C1. The van der Waals surface area contributed by atoms with E-state index in [0.717, 1.165) is 6.42 Å². The molecule has 0 aromatic carbocycles. The monoisotopic (exact) mass is 272 g/mol. The highest BCUT2D eigenvalue weighted by atomic mass is 32.2. The summed E-state index contributed by atoms with van der Waals surface area (Å²) in [4.78, 5) is 6.87. The third-order valence-electron chi connectivity index (χ3n) is 3.15. The Balaban J connectivity index is 1.97. The van der Waals surface area contributed by atoms with Crippen LogP contribution in [0.5, 0.6) is 0 Å². The molecule has 102 valence electrons. The molecule has 0 spiro atoms. The molecule has 1 aliphatic heterocycles. The van der Waals surface area contributed by atoms with Gasteiger partial charge in [0.05, 0.1) is 6.54 Å². The van der Waals surface area contributed by atoms with Crippen LogP contribution in [0.3, 0.4) is 0 Å². The molecule has 6 nitrogen and oxygen atoms in total. The highest BCUT2D eigenvalue weighted by Gasteiger charge is 2.30. The van der Waals surface area contributed by atoms with Gasteiger partial charge in [-0.25, -0.2) is 4.98 Å². The molecule has 1 aromatic heterocycles. The Labute approximate surface area is 108 Å². The summed E-state index contributed by atoms with van der Waals surface area (Å²) in [6.07, 6.45) is 4.37. The number of imidazole rings is 1. The summed E-state index contributed by atoms with van der Waals surface area (Å²) in [5.41, 5.74) is 0. The highest BCUT2D eigenvalue weighted by Crippen LogP contribution is 2.22. The summed E-state index contributed by atoms with van der Waals surface area (Å²) in [6.45, 7) is 5.57. The first-order chi connectivity index (χ1) is 8.47. The number of rotatable bonds is 4. The third-order valence-corrected chi connectivity index (χ3v) is 4.64. The van der Waals surface area contributed by atoms with Crippen LogP contribution >= 0.6 is 0 Å². The van der Waals surface area contributed by atoms with E-state index in [9.17, 15) is 8.42 Å². The summed E-state index contributed by atoms with van der Waals surface area (Å²) in [6, 6.07) is 0. The van der Waals surface area contributed by atoms with E-state index in [2.05, 4.69) is 28.5 Å². The van der Waals surface area contributed by atoms with Gasteiger partial charge in [-0.2, -0.15) is 17.4 Å². The molecule has 0 amide bonds. The van der Waals surface area contributed by atoms with Gasteiger partial charge in [-0.3, -0.25) is 0 Å². The zero-order valence-electron chi connectivity index (χ0n) is 10.8. The lowest BCUT2D eigenvalue weighted by Crippen LogP contribution is -2.47. The molecule has 0 radical (unpaired) electrons. The first kappa shape index (κ1) is 13.5. The fourth-order valence-electron chi connectivity index (χ4n) is 2.45. The minimum absolute atomic E-state index is 0.203. The van der Waals surface area contributed by atoms with Crippen molar-refractivity contribution in [2.75, 3.05) is 13.1 Å². The van der Waals surface area contributed by atoms with E-state index in [1.54, 1.807) is 12.4 Å². The van der Waals surface area contributed by atoms with Gasteiger partial charge in [-0.1, -0.05) is 13.8 Å². The van der Waals surface area contributed by atoms with Crippen LogP contribution in [0, 0.1) is 11.8 Å². The molecule has 2 N–H and O–H groups in total. The van der Waals surface area contributed by atoms with Gasteiger partial charge in [0.15, 0.2) is 0 Å². The standard InChI is InChI=1S/C11H20N4O2S/c1-9-5-10(2)8-15(7-9)18(16,17)14-6-11-12-3-4-13-11/h3-4,9-10,14H,5-8H2,1-2H3,(H,12,13). The molecule has 1 saturated heterocycles. The third kappa shape index (κ3) is 3.30. The van der Waals surface area contributed by atoms with Crippen LogP contribution in [0.15, 0.2) is 12.4 Å². The molecule has 2 rings (SSSR count). The molecule has 1 aromatic rings. The predicted octanol–water partition coefficient (Wildman–Crippen LogP) is 0.722. The second kappa shape index (κ2) is 5.38. The molecule has 1 aliphatic rings. The van der Waals surface area contributed by atoms with Crippen molar-refractivity contribution in [2.45, 2.75) is 26.8 Å². The smallest absolute Gasteiger partial charge is 0.279 e. The van der Waals surface area contributed by atoms with Gasteiger partial charge in [0.2, 0.25) is 0 Å². The molecule has 0 aliphatic carbocycles. The fourth-order valence-corrected chi connectivity index (χ4v) is 3.85. The lowest BCUT2D eigenvalue weighted by Gasteiger charge is -2.33. The Bertz CT molecular complexity index is 461. The number of aromatic amines is 1. The van der Waals surface area contributed by atoms with Crippen LogP contribution in [-0.4, -0.2) is 35.8 Å². The topological polar surface area (TPSA) is 78.1 Å². The Morgan fingerprint density at radius 1 is 1.44 bits per heavy atom. The van der Waals surface area contributed by atoms with Crippen molar-refractivity contribution < 1.29 is 8.42 Å². The first-order valence-electron chi connectivity index (χ1n) is 6.20. The van der Waals surface area contributed by atoms with E-state index in [-0.39, 0.29) is 6.54 Å². The molecule has 0 saturated carbocycles. The summed E-state index contributed by atoms with van der Waals surface area (Å²) < 4.78 is 28.4. The minimum Gasteiger partial charge on any atom is -0.347 e. The predicted molar refractivity (Wildman–Crippen MR) is 68.9 cm³/mol. The molecule has 2 unspecified atom stereocenters. The van der Waals surface area contributed by atoms with Gasteiger partial charge in [-0.15, -0.1) is 0 Å². The van der Waals surface area contributed by atoms with Crippen LogP contribution in [0.4, 0.5) is 0 Å². The lowest BCUT2D eigenvalue weighted by molar-refractivity contribution is 0.220. The summed E-state index contributed by atoms with van der Waals surface area (Å²) in [5, 5.41) is 0. The van der Waals surface area contributed by atoms with Gasteiger partial charge in [-0.05, 0) is 18.3 Å². The molecule has 18 heavy (non-hydrogen) atoms. The van der Waals surface area contributed by atoms with Gasteiger partial charge in [0, 0.05) is 25.5 Å². The molecule has 1 fully saturated rings. The number of nitrogens with one attached hydrogen (secondary N) is 2. The van der Waals surface area contributed by atoms with Crippen molar-refractivity contribution in [2.24, 2.45) is 11.8 Å². The number of hydrogen-bond acceptors (Lipinski definition) is 3. The quantitative estimate of drug-likeness (QED) is 0.848. The number of H-pyrrole nitrogens is 1. The van der Waals surface area contributed by atoms with Crippen LogP contribution in [0.25, 0.3) is 0 Å².